The summed E-state index contributed by atoms with van der Waals surface area (Å²) in [5.41, 5.74) is 1.67. The second-order valence-corrected chi connectivity index (χ2v) is 6.48. The van der Waals surface area contributed by atoms with E-state index >= 15 is 0 Å². The summed E-state index contributed by atoms with van der Waals surface area (Å²) in [5.74, 6) is 0.350. The van der Waals surface area contributed by atoms with Gasteiger partial charge in [-0.05, 0) is 53.2 Å². The predicted molar refractivity (Wildman–Crippen MR) is 98.9 cm³/mol. The molecule has 0 aromatic heterocycles. The fourth-order valence-electron chi connectivity index (χ4n) is 2.35. The Hall–Kier alpha value is -2.60. The number of halogens is 1. The van der Waals surface area contributed by atoms with Crippen LogP contribution in [0.2, 0.25) is 0 Å². The average Bonchev–Trinajstić information content (AvgIpc) is 2.89. The number of aliphatic imine (C=N–C) groups is 1. The minimum atomic E-state index is -0.276. The molecule has 0 N–H and O–H groups in total. The van der Waals surface area contributed by atoms with Gasteiger partial charge in [-0.25, -0.2) is 4.39 Å². The van der Waals surface area contributed by atoms with Crippen LogP contribution in [-0.2, 0) is 11.4 Å². The summed E-state index contributed by atoms with van der Waals surface area (Å²) in [5, 5.41) is 0.686. The second kappa shape index (κ2) is 7.53. The molecular formula is C19H17FN2O2S. The Morgan fingerprint density at radius 2 is 2.00 bits per heavy atom. The number of hydrogen-bond donors (Lipinski definition) is 0. The topological polar surface area (TPSA) is 41.9 Å². The summed E-state index contributed by atoms with van der Waals surface area (Å²) in [6, 6.07) is 13.7. The first-order valence-electron chi connectivity index (χ1n) is 7.68. The maximum absolute atomic E-state index is 13.1. The molecule has 0 atom stereocenters. The van der Waals surface area contributed by atoms with Gasteiger partial charge in [0.25, 0.3) is 5.91 Å². The molecule has 1 amide bonds. The van der Waals surface area contributed by atoms with Crippen molar-refractivity contribution in [3.63, 3.8) is 0 Å². The lowest BCUT2D eigenvalue weighted by molar-refractivity contribution is -0.121. The summed E-state index contributed by atoms with van der Waals surface area (Å²) < 4.78 is 18.8. The van der Waals surface area contributed by atoms with Crippen LogP contribution in [0.1, 0.15) is 11.1 Å². The number of benzene rings is 2. The van der Waals surface area contributed by atoms with Crippen LogP contribution >= 0.6 is 11.8 Å². The van der Waals surface area contributed by atoms with Crippen molar-refractivity contribution in [1.82, 2.24) is 4.90 Å². The summed E-state index contributed by atoms with van der Waals surface area (Å²) in [7, 11) is 3.38. The van der Waals surface area contributed by atoms with Gasteiger partial charge >= 0.3 is 0 Å². The van der Waals surface area contributed by atoms with Gasteiger partial charge in [0.15, 0.2) is 5.17 Å². The number of thioether (sulfide) groups is 1. The molecule has 2 aromatic rings. The van der Waals surface area contributed by atoms with Crippen LogP contribution in [0.25, 0.3) is 6.08 Å². The molecule has 128 valence electrons. The van der Waals surface area contributed by atoms with Crippen molar-refractivity contribution in [2.75, 3.05) is 14.1 Å². The molecule has 0 spiro atoms. The van der Waals surface area contributed by atoms with Gasteiger partial charge in [0.1, 0.15) is 18.2 Å². The lowest BCUT2D eigenvalue weighted by atomic mass is 10.2. The molecule has 0 radical (unpaired) electrons. The largest absolute Gasteiger partial charge is 0.489 e. The van der Waals surface area contributed by atoms with Crippen molar-refractivity contribution in [3.05, 3.63) is 70.4 Å². The first-order valence-corrected chi connectivity index (χ1v) is 8.50. The molecule has 1 fully saturated rings. The number of amides is 1. The SMILES string of the molecule is CN=C1S/C(=C\c2ccc(OCc3cccc(F)c3)cc2)C(=O)N1C. The average molecular weight is 356 g/mol. The zero-order valence-electron chi connectivity index (χ0n) is 13.9. The van der Waals surface area contributed by atoms with Crippen LogP contribution in [0.5, 0.6) is 5.75 Å². The van der Waals surface area contributed by atoms with E-state index in [1.165, 1.54) is 28.8 Å². The number of ether oxygens (including phenoxy) is 1. The van der Waals surface area contributed by atoms with E-state index in [0.29, 0.717) is 22.4 Å². The summed E-state index contributed by atoms with van der Waals surface area (Å²) in [4.78, 5) is 18.4. The number of likely N-dealkylation sites (N-methyl/N-ethyl adjacent to an activating group) is 1. The summed E-state index contributed by atoms with van der Waals surface area (Å²) in [6.07, 6.45) is 1.83. The molecule has 0 aliphatic carbocycles. The zero-order chi connectivity index (χ0) is 17.8. The van der Waals surface area contributed by atoms with Gasteiger partial charge in [-0.3, -0.25) is 14.7 Å². The molecule has 1 saturated heterocycles. The highest BCUT2D eigenvalue weighted by Gasteiger charge is 2.29. The predicted octanol–water partition coefficient (Wildman–Crippen LogP) is 3.94. The molecule has 1 heterocycles. The zero-order valence-corrected chi connectivity index (χ0v) is 14.7. The molecule has 4 nitrogen and oxygen atoms in total. The Morgan fingerprint density at radius 1 is 1.24 bits per heavy atom. The lowest BCUT2D eigenvalue weighted by Crippen LogP contribution is -2.23. The van der Waals surface area contributed by atoms with Gasteiger partial charge in [-0.1, -0.05) is 24.3 Å². The Bertz CT molecular complexity index is 847. The molecule has 2 aromatic carbocycles. The molecule has 0 unspecified atom stereocenters. The molecule has 6 heteroatoms. The molecule has 0 saturated carbocycles. The first-order chi connectivity index (χ1) is 12.1. The number of rotatable bonds is 4. The van der Waals surface area contributed by atoms with E-state index in [4.69, 9.17) is 4.74 Å². The van der Waals surface area contributed by atoms with E-state index in [9.17, 15) is 9.18 Å². The molecular weight excluding hydrogens is 339 g/mol. The van der Waals surface area contributed by atoms with E-state index < -0.39 is 0 Å². The third-order valence-electron chi connectivity index (χ3n) is 3.67. The Labute approximate surface area is 150 Å². The third kappa shape index (κ3) is 4.09. The molecule has 3 rings (SSSR count). The molecule has 0 bridgehead atoms. The summed E-state index contributed by atoms with van der Waals surface area (Å²) in [6.45, 7) is 0.299. The first kappa shape index (κ1) is 17.2. The van der Waals surface area contributed by atoms with Gasteiger partial charge in [0.05, 0.1) is 4.91 Å². The van der Waals surface area contributed by atoms with Crippen molar-refractivity contribution in [3.8, 4) is 5.75 Å². The van der Waals surface area contributed by atoms with E-state index in [1.807, 2.05) is 36.4 Å². The Balaban J connectivity index is 1.66. The van der Waals surface area contributed by atoms with Crippen LogP contribution < -0.4 is 4.74 Å². The Morgan fingerprint density at radius 3 is 2.64 bits per heavy atom. The smallest absolute Gasteiger partial charge is 0.266 e. The van der Waals surface area contributed by atoms with E-state index in [2.05, 4.69) is 4.99 Å². The highest BCUT2D eigenvalue weighted by molar-refractivity contribution is 8.18. The van der Waals surface area contributed by atoms with E-state index in [0.717, 1.165) is 11.1 Å². The van der Waals surface area contributed by atoms with Crippen molar-refractivity contribution >= 4 is 28.9 Å². The minimum absolute atomic E-state index is 0.0583. The third-order valence-corrected chi connectivity index (χ3v) is 4.82. The van der Waals surface area contributed by atoms with Crippen molar-refractivity contribution in [2.45, 2.75) is 6.61 Å². The van der Waals surface area contributed by atoms with Crippen LogP contribution in [0.3, 0.4) is 0 Å². The molecule has 25 heavy (non-hydrogen) atoms. The van der Waals surface area contributed by atoms with Crippen LogP contribution in [0.15, 0.2) is 58.4 Å². The highest BCUT2D eigenvalue weighted by atomic mass is 32.2. The fourth-order valence-corrected chi connectivity index (χ4v) is 3.28. The van der Waals surface area contributed by atoms with Crippen molar-refractivity contribution < 1.29 is 13.9 Å². The minimum Gasteiger partial charge on any atom is -0.489 e. The van der Waals surface area contributed by atoms with E-state index in [1.54, 1.807) is 20.2 Å². The maximum atomic E-state index is 13.1. The van der Waals surface area contributed by atoms with Crippen LogP contribution in [0.4, 0.5) is 4.39 Å². The number of hydrogen-bond acceptors (Lipinski definition) is 4. The standard InChI is InChI=1S/C19H17FN2O2S/c1-21-19-22(2)18(23)17(25-19)11-13-6-8-16(9-7-13)24-12-14-4-3-5-15(20)10-14/h3-11H,12H2,1-2H3/b17-11-,21-19?. The fraction of sp³-hybridized carbons (Fsp3) is 0.158. The van der Waals surface area contributed by atoms with Gasteiger partial charge in [-0.15, -0.1) is 0 Å². The molecule has 1 aliphatic heterocycles. The van der Waals surface area contributed by atoms with Crippen LogP contribution in [-0.4, -0.2) is 30.1 Å². The maximum Gasteiger partial charge on any atom is 0.266 e. The van der Waals surface area contributed by atoms with E-state index in [-0.39, 0.29) is 11.7 Å². The van der Waals surface area contributed by atoms with Gasteiger partial charge in [0.2, 0.25) is 0 Å². The second-order valence-electron chi connectivity index (χ2n) is 5.47. The number of nitrogens with zero attached hydrogens (tertiary/aromatic N) is 2. The quantitative estimate of drug-likeness (QED) is 0.780. The monoisotopic (exact) mass is 356 g/mol. The lowest BCUT2D eigenvalue weighted by Gasteiger charge is -2.07. The number of amidine groups is 1. The number of carbonyl (C=O) groups is 1. The van der Waals surface area contributed by atoms with Crippen molar-refractivity contribution in [1.29, 1.82) is 0 Å². The van der Waals surface area contributed by atoms with Gasteiger partial charge in [-0.2, -0.15) is 0 Å². The molecule has 1 aliphatic rings. The van der Waals surface area contributed by atoms with Gasteiger partial charge in [0, 0.05) is 14.1 Å². The number of carbonyl (C=O) groups excluding carboxylic acids is 1. The highest BCUT2D eigenvalue weighted by Crippen LogP contribution is 2.31. The Kier molecular flexibility index (Phi) is 5.19. The van der Waals surface area contributed by atoms with Crippen molar-refractivity contribution in [2.24, 2.45) is 4.99 Å². The van der Waals surface area contributed by atoms with Gasteiger partial charge < -0.3 is 4.74 Å². The summed E-state index contributed by atoms with van der Waals surface area (Å²) >= 11 is 1.36. The normalized spacial score (nSPS) is 17.6. The van der Waals surface area contributed by atoms with Crippen LogP contribution in [0, 0.1) is 5.82 Å².